The van der Waals surface area contributed by atoms with E-state index in [0.717, 1.165) is 22.4 Å². The Hall–Kier alpha value is -4.63. The molecule has 0 fully saturated rings. The van der Waals surface area contributed by atoms with Crippen LogP contribution in [0.1, 0.15) is 30.5 Å². The molecule has 8 nitrogen and oxygen atoms in total. The minimum Gasteiger partial charge on any atom is -0.352 e. The van der Waals surface area contributed by atoms with Crippen molar-refractivity contribution in [2.45, 2.75) is 25.9 Å². The SMILES string of the molecule is C[C@H](Nc1nccc(-c2c(-c3ccc(F)cc3)nc3cc(CNC(=O)CCN(C)C)ccn23)n1)c1ccccc1. The highest BCUT2D eigenvalue weighted by Gasteiger charge is 2.19. The Morgan fingerprint density at radius 3 is 2.55 bits per heavy atom. The maximum Gasteiger partial charge on any atom is 0.223 e. The van der Waals surface area contributed by atoms with Gasteiger partial charge in [0.15, 0.2) is 0 Å². The van der Waals surface area contributed by atoms with Crippen LogP contribution >= 0.6 is 0 Å². The number of hydrogen-bond acceptors (Lipinski definition) is 6. The van der Waals surface area contributed by atoms with Gasteiger partial charge in [-0.15, -0.1) is 0 Å². The van der Waals surface area contributed by atoms with Gasteiger partial charge in [-0.1, -0.05) is 30.3 Å². The lowest BCUT2D eigenvalue weighted by molar-refractivity contribution is -0.121. The van der Waals surface area contributed by atoms with Crippen LogP contribution in [0.2, 0.25) is 0 Å². The number of halogens is 1. The maximum absolute atomic E-state index is 13.8. The van der Waals surface area contributed by atoms with Crippen LogP contribution < -0.4 is 10.6 Å². The van der Waals surface area contributed by atoms with E-state index in [0.29, 0.717) is 42.5 Å². The molecule has 0 spiro atoms. The topological polar surface area (TPSA) is 87.4 Å². The van der Waals surface area contributed by atoms with Crippen LogP contribution in [0, 0.1) is 5.82 Å². The van der Waals surface area contributed by atoms with Crippen molar-refractivity contribution in [3.05, 3.63) is 102 Å². The average Bonchev–Trinajstić information content (AvgIpc) is 3.34. The highest BCUT2D eigenvalue weighted by Crippen LogP contribution is 2.33. The zero-order valence-corrected chi connectivity index (χ0v) is 22.8. The zero-order chi connectivity index (χ0) is 28.1. The second-order valence-corrected chi connectivity index (χ2v) is 9.95. The minimum atomic E-state index is -0.315. The monoisotopic (exact) mass is 537 g/mol. The van der Waals surface area contributed by atoms with Gasteiger partial charge in [-0.2, -0.15) is 0 Å². The summed E-state index contributed by atoms with van der Waals surface area (Å²) in [6.07, 6.45) is 4.08. The van der Waals surface area contributed by atoms with E-state index in [2.05, 4.69) is 34.7 Å². The number of benzene rings is 2. The van der Waals surface area contributed by atoms with Crippen molar-refractivity contribution >= 4 is 17.5 Å². The Kier molecular flexibility index (Phi) is 8.12. The summed E-state index contributed by atoms with van der Waals surface area (Å²) in [5.74, 6) is 0.172. The van der Waals surface area contributed by atoms with Gasteiger partial charge in [0.2, 0.25) is 11.9 Å². The first-order valence-corrected chi connectivity index (χ1v) is 13.2. The van der Waals surface area contributed by atoms with Crippen LogP contribution in [0.3, 0.4) is 0 Å². The van der Waals surface area contributed by atoms with Crippen molar-refractivity contribution < 1.29 is 9.18 Å². The predicted molar refractivity (Wildman–Crippen MR) is 155 cm³/mol. The van der Waals surface area contributed by atoms with Crippen molar-refractivity contribution in [1.82, 2.24) is 29.6 Å². The van der Waals surface area contributed by atoms with Crippen LogP contribution in [0.5, 0.6) is 0 Å². The summed E-state index contributed by atoms with van der Waals surface area (Å²) >= 11 is 0. The quantitative estimate of drug-likeness (QED) is 0.250. The van der Waals surface area contributed by atoms with Gasteiger partial charge in [0.25, 0.3) is 0 Å². The molecule has 204 valence electrons. The molecule has 3 aromatic heterocycles. The van der Waals surface area contributed by atoms with E-state index >= 15 is 0 Å². The summed E-state index contributed by atoms with van der Waals surface area (Å²) in [5, 5.41) is 6.36. The van der Waals surface area contributed by atoms with Gasteiger partial charge in [0.05, 0.1) is 23.1 Å². The third-order valence-corrected chi connectivity index (χ3v) is 6.63. The first-order chi connectivity index (χ1) is 19.4. The molecule has 0 bridgehead atoms. The largest absolute Gasteiger partial charge is 0.352 e. The molecule has 9 heteroatoms. The van der Waals surface area contributed by atoms with Crippen molar-refractivity contribution in [2.75, 3.05) is 26.0 Å². The van der Waals surface area contributed by atoms with Crippen molar-refractivity contribution in [2.24, 2.45) is 0 Å². The van der Waals surface area contributed by atoms with E-state index in [1.54, 1.807) is 18.3 Å². The lowest BCUT2D eigenvalue weighted by atomic mass is 10.1. The number of pyridine rings is 1. The minimum absolute atomic E-state index is 0.00430. The van der Waals surface area contributed by atoms with Crippen LogP contribution in [0.15, 0.2) is 85.2 Å². The molecule has 0 unspecified atom stereocenters. The molecule has 3 heterocycles. The summed E-state index contributed by atoms with van der Waals surface area (Å²) in [6, 6.07) is 22.1. The third-order valence-electron chi connectivity index (χ3n) is 6.63. The van der Waals surface area contributed by atoms with Crippen LogP contribution in [0.25, 0.3) is 28.3 Å². The molecule has 0 aliphatic heterocycles. The van der Waals surface area contributed by atoms with E-state index in [9.17, 15) is 9.18 Å². The Morgan fingerprint density at radius 1 is 1.02 bits per heavy atom. The summed E-state index contributed by atoms with van der Waals surface area (Å²) in [6.45, 7) is 3.15. The van der Waals surface area contributed by atoms with Gasteiger partial charge < -0.3 is 15.5 Å². The standard InChI is InChI=1S/C31H32FN7O/c1-21(23-7-5-4-6-8-23)35-31-33-16-13-26(36-31)30-29(24-9-11-25(32)12-10-24)37-27-19-22(14-18-39(27)30)20-34-28(40)15-17-38(2)3/h4-14,16,18-19,21H,15,17,20H2,1-3H3,(H,34,40)(H,33,35,36)/t21-/m0/s1. The van der Waals surface area contributed by atoms with Crippen LogP contribution in [0.4, 0.5) is 10.3 Å². The summed E-state index contributed by atoms with van der Waals surface area (Å²) in [4.78, 5) is 28.4. The lowest BCUT2D eigenvalue weighted by Crippen LogP contribution is -2.26. The van der Waals surface area contributed by atoms with Crippen molar-refractivity contribution in [3.63, 3.8) is 0 Å². The predicted octanol–water partition coefficient (Wildman–Crippen LogP) is 5.34. The molecule has 5 rings (SSSR count). The van der Waals surface area contributed by atoms with Crippen molar-refractivity contribution in [1.29, 1.82) is 0 Å². The lowest BCUT2D eigenvalue weighted by Gasteiger charge is -2.15. The molecule has 0 saturated heterocycles. The van der Waals surface area contributed by atoms with Gasteiger partial charge in [-0.25, -0.2) is 19.3 Å². The summed E-state index contributed by atoms with van der Waals surface area (Å²) in [5.41, 5.74) is 5.63. The number of aromatic nitrogens is 4. The Morgan fingerprint density at radius 2 is 1.80 bits per heavy atom. The first kappa shape index (κ1) is 27.0. The van der Waals surface area contributed by atoms with Gasteiger partial charge >= 0.3 is 0 Å². The highest BCUT2D eigenvalue weighted by atomic mass is 19.1. The molecular weight excluding hydrogens is 505 g/mol. The summed E-state index contributed by atoms with van der Waals surface area (Å²) < 4.78 is 15.7. The molecule has 1 atom stereocenters. The van der Waals surface area contributed by atoms with E-state index in [1.165, 1.54) is 12.1 Å². The van der Waals surface area contributed by atoms with Crippen LogP contribution in [-0.4, -0.2) is 50.8 Å². The number of nitrogens with one attached hydrogen (secondary N) is 2. The maximum atomic E-state index is 13.8. The molecule has 40 heavy (non-hydrogen) atoms. The Bertz CT molecular complexity index is 1600. The highest BCUT2D eigenvalue weighted by molar-refractivity contribution is 5.81. The van der Waals surface area contributed by atoms with E-state index in [-0.39, 0.29) is 17.8 Å². The fourth-order valence-corrected chi connectivity index (χ4v) is 4.44. The Labute approximate surface area is 232 Å². The molecule has 0 aliphatic rings. The molecule has 2 N–H and O–H groups in total. The van der Waals surface area contributed by atoms with E-state index in [1.807, 2.05) is 66.0 Å². The summed E-state index contributed by atoms with van der Waals surface area (Å²) in [7, 11) is 3.88. The molecule has 5 aromatic rings. The number of carbonyl (C=O) groups excluding carboxylic acids is 1. The normalized spacial score (nSPS) is 12.0. The number of carbonyl (C=O) groups is 1. The Balaban J connectivity index is 1.49. The fraction of sp³-hybridized carbons (Fsp3) is 0.226. The van der Waals surface area contributed by atoms with Gasteiger partial charge in [0.1, 0.15) is 11.5 Å². The number of anilines is 1. The van der Waals surface area contributed by atoms with Crippen LogP contribution in [-0.2, 0) is 11.3 Å². The fourth-order valence-electron chi connectivity index (χ4n) is 4.44. The zero-order valence-electron chi connectivity index (χ0n) is 22.8. The van der Waals surface area contributed by atoms with Gasteiger partial charge in [-0.05, 0) is 74.6 Å². The second kappa shape index (κ2) is 12.0. The number of fused-ring (bicyclic) bond motifs is 1. The number of nitrogens with zero attached hydrogens (tertiary/aromatic N) is 5. The van der Waals surface area contributed by atoms with E-state index in [4.69, 9.17) is 9.97 Å². The molecule has 1 amide bonds. The molecular formula is C31H32FN7O. The molecule has 2 aromatic carbocycles. The third kappa shape index (κ3) is 6.32. The molecule has 0 aliphatic carbocycles. The van der Waals surface area contributed by atoms with Crippen molar-refractivity contribution in [3.8, 4) is 22.6 Å². The second-order valence-electron chi connectivity index (χ2n) is 9.95. The average molecular weight is 538 g/mol. The number of hydrogen-bond donors (Lipinski definition) is 2. The molecule has 0 saturated carbocycles. The first-order valence-electron chi connectivity index (χ1n) is 13.2. The molecule has 0 radical (unpaired) electrons. The number of amides is 1. The number of rotatable bonds is 10. The smallest absolute Gasteiger partial charge is 0.223 e. The van der Waals surface area contributed by atoms with E-state index < -0.39 is 0 Å². The van der Waals surface area contributed by atoms with Gasteiger partial charge in [0, 0.05) is 37.5 Å². The van der Waals surface area contributed by atoms with Gasteiger partial charge in [-0.3, -0.25) is 9.20 Å². The number of imidazole rings is 1.